The van der Waals surface area contributed by atoms with Crippen LogP contribution in [0.3, 0.4) is 0 Å². The van der Waals surface area contributed by atoms with Gasteiger partial charge in [-0.2, -0.15) is 17.4 Å². The molecule has 1 rings (SSSR count). The van der Waals surface area contributed by atoms with Crippen LogP contribution in [0.5, 0.6) is 0 Å². The van der Waals surface area contributed by atoms with Crippen LogP contribution in [0.2, 0.25) is 0 Å². The monoisotopic (exact) mass is 340 g/mol. The van der Waals surface area contributed by atoms with Gasteiger partial charge in [-0.25, -0.2) is 0 Å². The zero-order valence-electron chi connectivity index (χ0n) is 11.6. The van der Waals surface area contributed by atoms with Gasteiger partial charge in [0.1, 0.15) is 0 Å². The number of hydrogen-bond acceptors (Lipinski definition) is 2. The minimum Gasteiger partial charge on any atom is -0.195 e. The summed E-state index contributed by atoms with van der Waals surface area (Å²) in [6, 6.07) is 0. The van der Waals surface area contributed by atoms with Crippen LogP contribution in [0.4, 0.5) is 0 Å². The fourth-order valence-electron chi connectivity index (χ4n) is 2.31. The van der Waals surface area contributed by atoms with Crippen LogP contribution in [0.15, 0.2) is 0 Å². The van der Waals surface area contributed by atoms with E-state index in [2.05, 4.69) is 27.6 Å². The molecule has 0 radical (unpaired) electrons. The van der Waals surface area contributed by atoms with Crippen molar-refractivity contribution in [3.63, 3.8) is 0 Å². The summed E-state index contributed by atoms with van der Waals surface area (Å²) in [7, 11) is -3.36. The Morgan fingerprint density at radius 2 is 2.00 bits per heavy atom. The standard InChI is InChI=1S/C12H25BrN2O2S/c1-4-12(5-2,10-13)14-18(16,17)15-8-6-7-11(3)9-15/h11,14H,4-10H2,1-3H3. The van der Waals surface area contributed by atoms with Crippen molar-refractivity contribution < 1.29 is 8.42 Å². The second-order valence-corrected chi connectivity index (χ2v) is 7.56. The van der Waals surface area contributed by atoms with Crippen LogP contribution in [-0.4, -0.2) is 36.7 Å². The van der Waals surface area contributed by atoms with Crippen molar-refractivity contribution in [3.05, 3.63) is 0 Å². The highest BCUT2D eigenvalue weighted by molar-refractivity contribution is 9.09. The number of nitrogens with one attached hydrogen (secondary N) is 1. The van der Waals surface area contributed by atoms with Crippen LogP contribution < -0.4 is 4.72 Å². The van der Waals surface area contributed by atoms with E-state index in [1.165, 1.54) is 0 Å². The number of piperidine rings is 1. The number of hydrogen-bond donors (Lipinski definition) is 1. The highest BCUT2D eigenvalue weighted by Gasteiger charge is 2.35. The third-order valence-corrected chi connectivity index (χ3v) is 6.69. The Labute approximate surface area is 120 Å². The Kier molecular flexibility index (Phi) is 6.09. The lowest BCUT2D eigenvalue weighted by molar-refractivity contribution is 0.270. The van der Waals surface area contributed by atoms with Gasteiger partial charge < -0.3 is 0 Å². The Morgan fingerprint density at radius 3 is 2.44 bits per heavy atom. The van der Waals surface area contributed by atoms with Crippen LogP contribution in [0.1, 0.15) is 46.5 Å². The molecule has 1 aliphatic heterocycles. The van der Waals surface area contributed by atoms with Crippen molar-refractivity contribution in [1.29, 1.82) is 0 Å². The Bertz CT molecular complexity index is 347. The van der Waals surface area contributed by atoms with E-state index in [4.69, 9.17) is 0 Å². The molecule has 1 N–H and O–H groups in total. The number of halogens is 1. The van der Waals surface area contributed by atoms with Gasteiger partial charge in [-0.1, -0.05) is 36.7 Å². The second-order valence-electron chi connectivity index (χ2n) is 5.33. The summed E-state index contributed by atoms with van der Waals surface area (Å²) in [5.41, 5.74) is -0.362. The van der Waals surface area contributed by atoms with Gasteiger partial charge in [0.25, 0.3) is 10.2 Å². The molecule has 0 amide bonds. The molecule has 1 atom stereocenters. The molecule has 0 bridgehead atoms. The van der Waals surface area contributed by atoms with E-state index < -0.39 is 10.2 Å². The van der Waals surface area contributed by atoms with Gasteiger partial charge in [-0.15, -0.1) is 0 Å². The van der Waals surface area contributed by atoms with E-state index in [-0.39, 0.29) is 5.54 Å². The highest BCUT2D eigenvalue weighted by Crippen LogP contribution is 2.23. The lowest BCUT2D eigenvalue weighted by Gasteiger charge is -2.36. The highest BCUT2D eigenvalue weighted by atomic mass is 79.9. The van der Waals surface area contributed by atoms with Crippen molar-refractivity contribution in [3.8, 4) is 0 Å². The molecular weight excluding hydrogens is 316 g/mol. The van der Waals surface area contributed by atoms with Crippen molar-refractivity contribution >= 4 is 26.1 Å². The zero-order valence-corrected chi connectivity index (χ0v) is 14.0. The molecule has 0 aromatic carbocycles. The Hall–Kier alpha value is 0.350. The molecule has 0 aromatic heterocycles. The predicted octanol–water partition coefficient (Wildman–Crippen LogP) is 2.51. The van der Waals surface area contributed by atoms with Gasteiger partial charge >= 0.3 is 0 Å². The van der Waals surface area contributed by atoms with Gasteiger partial charge in [0.2, 0.25) is 0 Å². The summed E-state index contributed by atoms with van der Waals surface area (Å²) >= 11 is 3.44. The maximum atomic E-state index is 12.4. The molecule has 6 heteroatoms. The molecule has 0 saturated carbocycles. The summed E-state index contributed by atoms with van der Waals surface area (Å²) in [4.78, 5) is 0. The van der Waals surface area contributed by atoms with Crippen molar-refractivity contribution in [2.75, 3.05) is 18.4 Å². The summed E-state index contributed by atoms with van der Waals surface area (Å²) in [6.45, 7) is 7.43. The first-order valence-corrected chi connectivity index (χ1v) is 9.30. The van der Waals surface area contributed by atoms with Gasteiger partial charge in [0, 0.05) is 24.0 Å². The first-order chi connectivity index (χ1) is 8.39. The lowest BCUT2D eigenvalue weighted by Crippen LogP contribution is -2.55. The van der Waals surface area contributed by atoms with Crippen molar-refractivity contribution in [2.45, 2.75) is 52.0 Å². The predicted molar refractivity (Wildman–Crippen MR) is 79.1 cm³/mol. The second kappa shape index (κ2) is 6.68. The summed E-state index contributed by atoms with van der Waals surface area (Å²) < 4.78 is 29.3. The maximum Gasteiger partial charge on any atom is 0.279 e. The summed E-state index contributed by atoms with van der Waals surface area (Å²) in [5, 5.41) is 0.648. The molecule has 4 nitrogen and oxygen atoms in total. The molecule has 0 aliphatic carbocycles. The molecule has 18 heavy (non-hydrogen) atoms. The van der Waals surface area contributed by atoms with E-state index in [1.54, 1.807) is 4.31 Å². The minimum atomic E-state index is -3.36. The Balaban J connectivity index is 2.80. The van der Waals surface area contributed by atoms with E-state index in [1.807, 2.05) is 13.8 Å². The van der Waals surface area contributed by atoms with E-state index >= 15 is 0 Å². The molecule has 1 aliphatic rings. The summed E-state index contributed by atoms with van der Waals surface area (Å²) in [6.07, 6.45) is 3.66. The normalized spacial score (nSPS) is 23.2. The van der Waals surface area contributed by atoms with Gasteiger partial charge in [-0.05, 0) is 31.6 Å². The lowest BCUT2D eigenvalue weighted by atomic mass is 9.97. The molecule has 1 heterocycles. The van der Waals surface area contributed by atoms with Crippen LogP contribution in [-0.2, 0) is 10.2 Å². The van der Waals surface area contributed by atoms with E-state index in [0.717, 1.165) is 25.7 Å². The van der Waals surface area contributed by atoms with Gasteiger partial charge in [0.15, 0.2) is 0 Å². The molecule has 1 fully saturated rings. The van der Waals surface area contributed by atoms with Crippen molar-refractivity contribution in [1.82, 2.24) is 9.03 Å². The molecule has 1 saturated heterocycles. The van der Waals surface area contributed by atoms with E-state index in [9.17, 15) is 8.42 Å². The first kappa shape index (κ1) is 16.4. The van der Waals surface area contributed by atoms with Crippen molar-refractivity contribution in [2.24, 2.45) is 5.92 Å². The van der Waals surface area contributed by atoms with Crippen LogP contribution >= 0.6 is 15.9 Å². The zero-order chi connectivity index (χ0) is 13.8. The fourth-order valence-corrected chi connectivity index (χ4v) is 5.29. The largest absolute Gasteiger partial charge is 0.279 e. The third kappa shape index (κ3) is 3.92. The SMILES string of the molecule is CCC(CC)(CBr)NS(=O)(=O)N1CCCC(C)C1. The Morgan fingerprint density at radius 1 is 1.39 bits per heavy atom. The molecule has 0 spiro atoms. The fraction of sp³-hybridized carbons (Fsp3) is 1.00. The quantitative estimate of drug-likeness (QED) is 0.755. The molecule has 1 unspecified atom stereocenters. The van der Waals surface area contributed by atoms with Gasteiger partial charge in [-0.3, -0.25) is 0 Å². The summed E-state index contributed by atoms with van der Waals surface area (Å²) in [5.74, 6) is 0.456. The maximum absolute atomic E-state index is 12.4. The molecular formula is C12H25BrN2O2S. The smallest absolute Gasteiger partial charge is 0.195 e. The number of nitrogens with zero attached hydrogens (tertiary/aromatic N) is 1. The first-order valence-electron chi connectivity index (χ1n) is 6.74. The molecule has 0 aromatic rings. The number of rotatable bonds is 6. The minimum absolute atomic E-state index is 0.362. The molecule has 108 valence electrons. The number of alkyl halides is 1. The topological polar surface area (TPSA) is 49.4 Å². The average molecular weight is 341 g/mol. The third-order valence-electron chi connectivity index (χ3n) is 3.91. The van der Waals surface area contributed by atoms with Crippen LogP contribution in [0.25, 0.3) is 0 Å². The average Bonchev–Trinajstić information content (AvgIpc) is 2.36. The van der Waals surface area contributed by atoms with Crippen LogP contribution in [0, 0.1) is 5.92 Å². The van der Waals surface area contributed by atoms with E-state index in [0.29, 0.717) is 24.3 Å². The van der Waals surface area contributed by atoms with Gasteiger partial charge in [0.05, 0.1) is 0 Å².